The minimum Gasteiger partial charge on any atom is -0.325 e. The number of para-hydroxylation sites is 1. The molecule has 1 aromatic carbocycles. The van der Waals surface area contributed by atoms with Crippen molar-refractivity contribution in [3.63, 3.8) is 0 Å². The average molecular weight is 415 g/mol. The maximum atomic E-state index is 12.5. The molecule has 0 saturated carbocycles. The summed E-state index contributed by atoms with van der Waals surface area (Å²) in [6, 6.07) is 7.92. The number of thioether (sulfide) groups is 1. The number of benzene rings is 1. The molecule has 0 radical (unpaired) electrons. The summed E-state index contributed by atoms with van der Waals surface area (Å²) in [5, 5.41) is 14.8. The van der Waals surface area contributed by atoms with Crippen LogP contribution < -0.4 is 5.32 Å². The number of aryl methyl sites for hydroxylation is 2. The second kappa shape index (κ2) is 9.39. The van der Waals surface area contributed by atoms with Crippen LogP contribution in [0.25, 0.3) is 11.4 Å². The molecule has 7 heteroatoms. The van der Waals surface area contributed by atoms with Crippen LogP contribution in [0.1, 0.15) is 36.3 Å². The van der Waals surface area contributed by atoms with Gasteiger partial charge in [-0.1, -0.05) is 43.8 Å². The van der Waals surface area contributed by atoms with Crippen LogP contribution in [0.2, 0.25) is 0 Å². The first-order chi connectivity index (χ1) is 13.5. The Kier molecular flexibility index (Phi) is 6.91. The second-order valence-electron chi connectivity index (χ2n) is 6.64. The lowest BCUT2D eigenvalue weighted by molar-refractivity contribution is -0.113. The van der Waals surface area contributed by atoms with Gasteiger partial charge in [0.15, 0.2) is 11.0 Å². The van der Waals surface area contributed by atoms with Crippen molar-refractivity contribution in [1.82, 2.24) is 14.8 Å². The topological polar surface area (TPSA) is 59.8 Å². The summed E-state index contributed by atoms with van der Waals surface area (Å²) < 4.78 is 2.13. The Bertz CT molecular complexity index is 961. The summed E-state index contributed by atoms with van der Waals surface area (Å²) in [6.45, 7) is 9.30. The number of hydrogen-bond donors (Lipinski definition) is 1. The highest BCUT2D eigenvalue weighted by molar-refractivity contribution is 7.99. The zero-order chi connectivity index (χ0) is 20.1. The molecule has 1 amide bonds. The van der Waals surface area contributed by atoms with Crippen LogP contribution in [-0.2, 0) is 17.8 Å². The first-order valence-electron chi connectivity index (χ1n) is 9.53. The molecule has 28 heavy (non-hydrogen) atoms. The van der Waals surface area contributed by atoms with Gasteiger partial charge in [0.25, 0.3) is 0 Å². The van der Waals surface area contributed by atoms with Crippen molar-refractivity contribution in [1.29, 1.82) is 0 Å². The summed E-state index contributed by atoms with van der Waals surface area (Å²) in [5.74, 6) is 1.17. The number of nitrogens with one attached hydrogen (secondary N) is 1. The van der Waals surface area contributed by atoms with Crippen molar-refractivity contribution in [3.05, 3.63) is 45.6 Å². The Labute approximate surface area is 174 Å². The molecule has 0 aliphatic heterocycles. The van der Waals surface area contributed by atoms with Gasteiger partial charge in [0.1, 0.15) is 0 Å². The highest BCUT2D eigenvalue weighted by Crippen LogP contribution is 2.31. The summed E-state index contributed by atoms with van der Waals surface area (Å²) >= 11 is 3.17. The molecular weight excluding hydrogens is 388 g/mol. The van der Waals surface area contributed by atoms with E-state index >= 15 is 0 Å². The maximum absolute atomic E-state index is 12.5. The van der Waals surface area contributed by atoms with Crippen LogP contribution in [0.3, 0.4) is 0 Å². The Balaban J connectivity index is 1.74. The van der Waals surface area contributed by atoms with Crippen LogP contribution in [-0.4, -0.2) is 26.4 Å². The summed E-state index contributed by atoms with van der Waals surface area (Å²) in [5.41, 5.74) is 4.41. The molecule has 0 spiro atoms. The van der Waals surface area contributed by atoms with Gasteiger partial charge in [0, 0.05) is 28.1 Å². The summed E-state index contributed by atoms with van der Waals surface area (Å²) in [6.07, 6.45) is 1.87. The third-order valence-electron chi connectivity index (χ3n) is 4.70. The molecule has 0 unspecified atom stereocenters. The third kappa shape index (κ3) is 4.47. The molecule has 0 aliphatic rings. The normalized spacial score (nSPS) is 11.0. The Morgan fingerprint density at radius 2 is 2.00 bits per heavy atom. The second-order valence-corrected chi connectivity index (χ2v) is 8.66. The number of nitrogens with zero attached hydrogens (tertiary/aromatic N) is 3. The van der Waals surface area contributed by atoms with Gasteiger partial charge in [0.05, 0.1) is 5.75 Å². The lowest BCUT2D eigenvalue weighted by atomic mass is 10.1. The van der Waals surface area contributed by atoms with Gasteiger partial charge < -0.3 is 9.88 Å². The van der Waals surface area contributed by atoms with Crippen molar-refractivity contribution in [2.75, 3.05) is 11.1 Å². The fourth-order valence-corrected chi connectivity index (χ4v) is 4.65. The van der Waals surface area contributed by atoms with Crippen LogP contribution in [0.4, 0.5) is 5.69 Å². The van der Waals surface area contributed by atoms with E-state index in [-0.39, 0.29) is 5.91 Å². The van der Waals surface area contributed by atoms with Crippen molar-refractivity contribution in [3.8, 4) is 11.4 Å². The van der Waals surface area contributed by atoms with E-state index in [1.807, 2.05) is 24.3 Å². The van der Waals surface area contributed by atoms with Crippen LogP contribution in [0.15, 0.2) is 34.8 Å². The van der Waals surface area contributed by atoms with Crippen molar-refractivity contribution < 1.29 is 4.79 Å². The molecule has 2 heterocycles. The van der Waals surface area contributed by atoms with Gasteiger partial charge in [-0.05, 0) is 43.9 Å². The van der Waals surface area contributed by atoms with E-state index in [0.29, 0.717) is 5.75 Å². The SMILES string of the molecule is CCCn1c(SCC(=O)Nc2ccccc2CC)nnc1-c1csc(C)c1C. The zero-order valence-electron chi connectivity index (χ0n) is 16.8. The number of carbonyl (C=O) groups excluding carboxylic acids is 1. The molecule has 0 atom stereocenters. The molecule has 0 bridgehead atoms. The quantitative estimate of drug-likeness (QED) is 0.506. The van der Waals surface area contributed by atoms with Gasteiger partial charge in [-0.15, -0.1) is 21.5 Å². The monoisotopic (exact) mass is 414 g/mol. The van der Waals surface area contributed by atoms with E-state index in [1.54, 1.807) is 11.3 Å². The molecular formula is C21H26N4OS2. The van der Waals surface area contributed by atoms with E-state index in [2.05, 4.69) is 53.2 Å². The smallest absolute Gasteiger partial charge is 0.234 e. The summed E-state index contributed by atoms with van der Waals surface area (Å²) in [7, 11) is 0. The third-order valence-corrected chi connectivity index (χ3v) is 6.68. The van der Waals surface area contributed by atoms with Crippen LogP contribution in [0, 0.1) is 13.8 Å². The lowest BCUT2D eigenvalue weighted by Gasteiger charge is -2.10. The number of aromatic nitrogens is 3. The van der Waals surface area contributed by atoms with Crippen LogP contribution in [0.5, 0.6) is 0 Å². The largest absolute Gasteiger partial charge is 0.325 e. The first-order valence-corrected chi connectivity index (χ1v) is 11.4. The van der Waals surface area contributed by atoms with Crippen molar-refractivity contribution in [2.24, 2.45) is 0 Å². The van der Waals surface area contributed by atoms with Gasteiger partial charge in [-0.25, -0.2) is 0 Å². The van der Waals surface area contributed by atoms with E-state index < -0.39 is 0 Å². The average Bonchev–Trinajstić information content (AvgIpc) is 3.24. The van der Waals surface area contributed by atoms with Gasteiger partial charge in [-0.2, -0.15) is 0 Å². The summed E-state index contributed by atoms with van der Waals surface area (Å²) in [4.78, 5) is 13.8. The molecule has 0 fully saturated rings. The fraction of sp³-hybridized carbons (Fsp3) is 0.381. The number of hydrogen-bond acceptors (Lipinski definition) is 5. The highest BCUT2D eigenvalue weighted by atomic mass is 32.2. The zero-order valence-corrected chi connectivity index (χ0v) is 18.4. The minimum atomic E-state index is -0.0268. The van der Waals surface area contributed by atoms with Gasteiger partial charge in [-0.3, -0.25) is 4.79 Å². The molecule has 5 nitrogen and oxygen atoms in total. The van der Waals surface area contributed by atoms with Gasteiger partial charge >= 0.3 is 0 Å². The Hall–Kier alpha value is -2.12. The molecule has 3 rings (SSSR count). The van der Waals surface area contributed by atoms with Crippen LogP contribution >= 0.6 is 23.1 Å². The number of anilines is 1. The van der Waals surface area contributed by atoms with Gasteiger partial charge in [0.2, 0.25) is 5.91 Å². The number of carbonyl (C=O) groups is 1. The number of thiophene rings is 1. The highest BCUT2D eigenvalue weighted by Gasteiger charge is 2.18. The van der Waals surface area contributed by atoms with E-state index in [1.165, 1.54) is 22.2 Å². The predicted molar refractivity (Wildman–Crippen MR) is 118 cm³/mol. The lowest BCUT2D eigenvalue weighted by Crippen LogP contribution is -2.15. The van der Waals surface area contributed by atoms with E-state index in [9.17, 15) is 4.79 Å². The molecule has 1 N–H and O–H groups in total. The number of amides is 1. The minimum absolute atomic E-state index is 0.0268. The maximum Gasteiger partial charge on any atom is 0.234 e. The number of rotatable bonds is 8. The molecule has 0 aliphatic carbocycles. The standard InChI is InChI=1S/C21H26N4OS2/c1-5-11-25-20(17-12-27-15(4)14(17)3)23-24-21(25)28-13-19(26)22-18-10-8-7-9-16(18)6-2/h7-10,12H,5-6,11,13H2,1-4H3,(H,22,26). The van der Waals surface area contributed by atoms with Crippen molar-refractivity contribution >= 4 is 34.7 Å². The fourth-order valence-electron chi connectivity index (χ4n) is 3.02. The van der Waals surface area contributed by atoms with Crippen molar-refractivity contribution in [2.45, 2.75) is 52.2 Å². The Morgan fingerprint density at radius 3 is 2.68 bits per heavy atom. The molecule has 148 valence electrons. The molecule has 3 aromatic rings. The first kappa shape index (κ1) is 20.6. The van der Waals surface area contributed by atoms with E-state index in [4.69, 9.17) is 0 Å². The van der Waals surface area contributed by atoms with E-state index in [0.717, 1.165) is 47.2 Å². The molecule has 0 saturated heterocycles. The predicted octanol–water partition coefficient (Wildman–Crippen LogP) is 5.33. The Morgan fingerprint density at radius 1 is 1.21 bits per heavy atom. The molecule has 2 aromatic heterocycles.